The van der Waals surface area contributed by atoms with Crippen LogP contribution in [0, 0.1) is 0 Å². The number of hydrogen-bond acceptors (Lipinski definition) is 5. The van der Waals surface area contributed by atoms with Gasteiger partial charge >= 0.3 is 0 Å². The van der Waals surface area contributed by atoms with Gasteiger partial charge in [0.15, 0.2) is 0 Å². The molecule has 0 bridgehead atoms. The van der Waals surface area contributed by atoms with E-state index < -0.39 is 0 Å². The number of nitrogens with zero attached hydrogens (tertiary/aromatic N) is 1. The Bertz CT molecular complexity index is 694. The maximum atomic E-state index is 11.9. The summed E-state index contributed by atoms with van der Waals surface area (Å²) in [5, 5.41) is 16.5. The summed E-state index contributed by atoms with van der Waals surface area (Å²) in [4.78, 5) is 11.9. The molecule has 0 aliphatic heterocycles. The van der Waals surface area contributed by atoms with Crippen LogP contribution < -0.4 is 15.5 Å². The first-order valence-electron chi connectivity index (χ1n) is 7.65. The number of phenolic OH excluding ortho intramolecular Hbond substituents is 1. The molecular formula is C18H21N3O3. The van der Waals surface area contributed by atoms with Gasteiger partial charge in [-0.15, -0.1) is 0 Å². The van der Waals surface area contributed by atoms with E-state index in [1.807, 2.05) is 31.2 Å². The standard InChI is InChI=1S/C18H21N3O3/c1-3-17(13-4-8-15(22)9-5-13)20-21-18(23)12-19-14-6-10-16(24-2)11-7-14/h4-11,19,22H,3,12H2,1-2H3,(H,21,23). The summed E-state index contributed by atoms with van der Waals surface area (Å²) in [5.41, 5.74) is 4.97. The highest BCUT2D eigenvalue weighted by Gasteiger charge is 2.04. The van der Waals surface area contributed by atoms with Gasteiger partial charge in [-0.2, -0.15) is 5.10 Å². The second kappa shape index (κ2) is 8.57. The molecule has 0 unspecified atom stereocenters. The molecule has 0 saturated heterocycles. The van der Waals surface area contributed by atoms with Gasteiger partial charge in [0.2, 0.25) is 0 Å². The van der Waals surface area contributed by atoms with Crippen LogP contribution in [0.1, 0.15) is 18.9 Å². The maximum absolute atomic E-state index is 11.9. The van der Waals surface area contributed by atoms with Crippen molar-refractivity contribution >= 4 is 17.3 Å². The number of hydrazone groups is 1. The van der Waals surface area contributed by atoms with Gasteiger partial charge in [-0.1, -0.05) is 6.92 Å². The van der Waals surface area contributed by atoms with Crippen LogP contribution in [0.2, 0.25) is 0 Å². The number of ether oxygens (including phenoxy) is 1. The van der Waals surface area contributed by atoms with Crippen molar-refractivity contribution in [1.29, 1.82) is 0 Å². The van der Waals surface area contributed by atoms with E-state index in [-0.39, 0.29) is 18.2 Å². The number of carbonyl (C=O) groups is 1. The molecule has 0 aliphatic rings. The number of hydrogen-bond donors (Lipinski definition) is 3. The fourth-order valence-electron chi connectivity index (χ4n) is 2.06. The first kappa shape index (κ1) is 17.3. The van der Waals surface area contributed by atoms with Crippen molar-refractivity contribution in [2.75, 3.05) is 19.0 Å². The topological polar surface area (TPSA) is 83.0 Å². The van der Waals surface area contributed by atoms with Gasteiger partial charge in [-0.25, -0.2) is 5.43 Å². The van der Waals surface area contributed by atoms with Crippen LogP contribution in [0.25, 0.3) is 0 Å². The van der Waals surface area contributed by atoms with Crippen molar-refractivity contribution in [3.05, 3.63) is 54.1 Å². The van der Waals surface area contributed by atoms with Gasteiger partial charge in [0.1, 0.15) is 11.5 Å². The smallest absolute Gasteiger partial charge is 0.259 e. The minimum Gasteiger partial charge on any atom is -0.508 e. The lowest BCUT2D eigenvalue weighted by Gasteiger charge is -2.08. The average molecular weight is 327 g/mol. The minimum absolute atomic E-state index is 0.113. The van der Waals surface area contributed by atoms with Crippen molar-refractivity contribution in [2.45, 2.75) is 13.3 Å². The Morgan fingerprint density at radius 1 is 1.12 bits per heavy atom. The van der Waals surface area contributed by atoms with E-state index in [2.05, 4.69) is 15.8 Å². The van der Waals surface area contributed by atoms with E-state index in [4.69, 9.17) is 4.74 Å². The van der Waals surface area contributed by atoms with Crippen molar-refractivity contribution in [3.63, 3.8) is 0 Å². The molecule has 2 aromatic carbocycles. The Morgan fingerprint density at radius 3 is 2.38 bits per heavy atom. The molecule has 0 heterocycles. The van der Waals surface area contributed by atoms with Crippen molar-refractivity contribution in [1.82, 2.24) is 5.43 Å². The zero-order chi connectivity index (χ0) is 17.4. The van der Waals surface area contributed by atoms with Crippen molar-refractivity contribution in [2.24, 2.45) is 5.10 Å². The van der Waals surface area contributed by atoms with Gasteiger partial charge in [0.05, 0.1) is 19.4 Å². The lowest BCUT2D eigenvalue weighted by Crippen LogP contribution is -2.27. The summed E-state index contributed by atoms with van der Waals surface area (Å²) in [6.07, 6.45) is 0.664. The molecule has 2 rings (SSSR count). The molecule has 24 heavy (non-hydrogen) atoms. The van der Waals surface area contributed by atoms with E-state index in [1.165, 1.54) is 0 Å². The third-order valence-electron chi connectivity index (χ3n) is 3.39. The second-order valence-electron chi connectivity index (χ2n) is 5.08. The summed E-state index contributed by atoms with van der Waals surface area (Å²) in [7, 11) is 1.60. The van der Waals surface area contributed by atoms with Crippen molar-refractivity contribution < 1.29 is 14.6 Å². The van der Waals surface area contributed by atoms with Crippen LogP contribution in [0.4, 0.5) is 5.69 Å². The molecular weight excluding hydrogens is 306 g/mol. The van der Waals surface area contributed by atoms with Crippen LogP contribution >= 0.6 is 0 Å². The maximum Gasteiger partial charge on any atom is 0.259 e. The molecule has 126 valence electrons. The monoisotopic (exact) mass is 327 g/mol. The van der Waals surface area contributed by atoms with E-state index in [0.29, 0.717) is 6.42 Å². The molecule has 0 radical (unpaired) electrons. The highest BCUT2D eigenvalue weighted by molar-refractivity contribution is 6.01. The van der Waals surface area contributed by atoms with E-state index in [9.17, 15) is 9.90 Å². The highest BCUT2D eigenvalue weighted by Crippen LogP contribution is 2.14. The predicted molar refractivity (Wildman–Crippen MR) is 94.6 cm³/mol. The summed E-state index contributed by atoms with van der Waals surface area (Å²) in [6, 6.07) is 14.0. The Labute approximate surface area is 141 Å². The zero-order valence-electron chi connectivity index (χ0n) is 13.7. The van der Waals surface area contributed by atoms with Gasteiger partial charge in [0.25, 0.3) is 5.91 Å². The van der Waals surface area contributed by atoms with Crippen LogP contribution in [0.3, 0.4) is 0 Å². The number of benzene rings is 2. The van der Waals surface area contributed by atoms with Crippen LogP contribution in [-0.4, -0.2) is 30.4 Å². The number of nitrogens with one attached hydrogen (secondary N) is 2. The number of carbonyl (C=O) groups excluding carboxylic acids is 1. The molecule has 0 spiro atoms. The SMILES string of the molecule is CCC(=NNC(=O)CNc1ccc(OC)cc1)c1ccc(O)cc1. The Kier molecular flexibility index (Phi) is 6.19. The first-order valence-corrected chi connectivity index (χ1v) is 7.65. The summed E-state index contributed by atoms with van der Waals surface area (Å²) in [6.45, 7) is 2.07. The lowest BCUT2D eigenvalue weighted by atomic mass is 10.1. The molecule has 0 atom stereocenters. The zero-order valence-corrected chi connectivity index (χ0v) is 13.7. The summed E-state index contributed by atoms with van der Waals surface area (Å²) < 4.78 is 5.08. The predicted octanol–water partition coefficient (Wildman–Crippen LogP) is 2.74. The average Bonchev–Trinajstić information content (AvgIpc) is 2.62. The molecule has 0 fully saturated rings. The fourth-order valence-corrected chi connectivity index (χ4v) is 2.06. The number of phenols is 1. The lowest BCUT2D eigenvalue weighted by molar-refractivity contribution is -0.119. The van der Waals surface area contributed by atoms with Crippen LogP contribution in [0.15, 0.2) is 53.6 Å². The quantitative estimate of drug-likeness (QED) is 0.539. The van der Waals surface area contributed by atoms with Crippen LogP contribution in [0.5, 0.6) is 11.5 Å². The molecule has 0 aromatic heterocycles. The third kappa shape index (κ3) is 5.01. The number of aromatic hydroxyl groups is 1. The number of amides is 1. The van der Waals surface area contributed by atoms with E-state index in [0.717, 1.165) is 22.7 Å². The number of anilines is 1. The van der Waals surface area contributed by atoms with Crippen molar-refractivity contribution in [3.8, 4) is 11.5 Å². The molecule has 6 heteroatoms. The van der Waals surface area contributed by atoms with E-state index in [1.54, 1.807) is 31.4 Å². The second-order valence-corrected chi connectivity index (χ2v) is 5.08. The van der Waals surface area contributed by atoms with E-state index >= 15 is 0 Å². The molecule has 1 amide bonds. The normalized spacial score (nSPS) is 11.0. The molecule has 0 aliphatic carbocycles. The summed E-state index contributed by atoms with van der Waals surface area (Å²) >= 11 is 0. The van der Waals surface area contributed by atoms with Gasteiger partial charge in [-0.05, 0) is 60.5 Å². The third-order valence-corrected chi connectivity index (χ3v) is 3.39. The van der Waals surface area contributed by atoms with Crippen LogP contribution in [-0.2, 0) is 4.79 Å². The largest absolute Gasteiger partial charge is 0.508 e. The highest BCUT2D eigenvalue weighted by atomic mass is 16.5. The van der Waals surface area contributed by atoms with Gasteiger partial charge in [0, 0.05) is 5.69 Å². The molecule has 2 aromatic rings. The first-order chi connectivity index (χ1) is 11.6. The Hall–Kier alpha value is -3.02. The molecule has 6 nitrogen and oxygen atoms in total. The number of methoxy groups -OCH3 is 1. The molecule has 0 saturated carbocycles. The summed E-state index contributed by atoms with van der Waals surface area (Å²) in [5.74, 6) is 0.716. The fraction of sp³-hybridized carbons (Fsp3) is 0.222. The Balaban J connectivity index is 1.89. The Morgan fingerprint density at radius 2 is 1.79 bits per heavy atom. The number of rotatable bonds is 7. The van der Waals surface area contributed by atoms with Gasteiger partial charge < -0.3 is 15.2 Å². The minimum atomic E-state index is -0.240. The van der Waals surface area contributed by atoms with Gasteiger partial charge in [-0.3, -0.25) is 4.79 Å². The molecule has 3 N–H and O–H groups in total.